The van der Waals surface area contributed by atoms with Crippen molar-refractivity contribution in [2.24, 2.45) is 17.0 Å². The third kappa shape index (κ3) is 5.59. The summed E-state index contributed by atoms with van der Waals surface area (Å²) in [6.07, 6.45) is 3.36. The van der Waals surface area contributed by atoms with Gasteiger partial charge in [0.2, 0.25) is 21.8 Å². The predicted molar refractivity (Wildman–Crippen MR) is 136 cm³/mol. The summed E-state index contributed by atoms with van der Waals surface area (Å²) in [5.74, 6) is -0.261. The molecule has 1 aliphatic carbocycles. The topological polar surface area (TPSA) is 110 Å². The highest BCUT2D eigenvalue weighted by atomic mass is 32.2. The second-order valence-corrected chi connectivity index (χ2v) is 11.5. The van der Waals surface area contributed by atoms with Crippen molar-refractivity contribution in [3.8, 4) is 0 Å². The molecule has 2 aromatic rings. The molecule has 0 bridgehead atoms. The molecule has 2 amide bonds. The van der Waals surface area contributed by atoms with E-state index >= 15 is 0 Å². The largest absolute Gasteiger partial charge is 0.342 e. The third-order valence-electron chi connectivity index (χ3n) is 7.62. The number of carbonyl (C=O) groups is 2. The van der Waals surface area contributed by atoms with Gasteiger partial charge in [-0.15, -0.1) is 0 Å². The van der Waals surface area contributed by atoms with Crippen LogP contribution in [0.2, 0.25) is 0 Å². The molecule has 0 spiro atoms. The van der Waals surface area contributed by atoms with Crippen molar-refractivity contribution in [3.63, 3.8) is 0 Å². The highest BCUT2D eigenvalue weighted by Gasteiger charge is 2.47. The Bertz CT molecular complexity index is 1170. The summed E-state index contributed by atoms with van der Waals surface area (Å²) in [5.41, 5.74) is 4.15. The number of aryl methyl sites for hydroxylation is 1. The van der Waals surface area contributed by atoms with E-state index < -0.39 is 22.1 Å². The van der Waals surface area contributed by atoms with Gasteiger partial charge in [0, 0.05) is 6.54 Å². The van der Waals surface area contributed by atoms with Gasteiger partial charge in [-0.1, -0.05) is 75.2 Å². The van der Waals surface area contributed by atoms with E-state index in [4.69, 9.17) is 5.14 Å². The van der Waals surface area contributed by atoms with Gasteiger partial charge in [-0.05, 0) is 53.4 Å². The van der Waals surface area contributed by atoms with Crippen LogP contribution in [0.1, 0.15) is 48.9 Å². The van der Waals surface area contributed by atoms with Crippen LogP contribution in [0.4, 0.5) is 0 Å². The summed E-state index contributed by atoms with van der Waals surface area (Å²) in [7, 11) is -3.61. The van der Waals surface area contributed by atoms with Crippen LogP contribution in [-0.4, -0.2) is 43.0 Å². The summed E-state index contributed by atoms with van der Waals surface area (Å²) in [6.45, 7) is 4.36. The van der Waals surface area contributed by atoms with Crippen LogP contribution in [0.15, 0.2) is 48.5 Å². The van der Waals surface area contributed by atoms with Gasteiger partial charge in [-0.2, -0.15) is 0 Å². The summed E-state index contributed by atoms with van der Waals surface area (Å²) < 4.78 is 23.1. The highest BCUT2D eigenvalue weighted by Crippen LogP contribution is 2.33. The number of fused-ring (bicyclic) bond motifs is 1. The lowest BCUT2D eigenvalue weighted by atomic mass is 9.85. The van der Waals surface area contributed by atoms with Crippen LogP contribution < -0.4 is 10.5 Å². The summed E-state index contributed by atoms with van der Waals surface area (Å²) in [5, 5.41) is 8.33. The number of nitrogens with one attached hydrogen (secondary N) is 1. The van der Waals surface area contributed by atoms with Crippen molar-refractivity contribution < 1.29 is 18.0 Å². The van der Waals surface area contributed by atoms with Gasteiger partial charge in [0.05, 0.1) is 5.75 Å². The minimum atomic E-state index is -3.61. The average Bonchev–Trinajstić information content (AvgIpc) is 3.26. The SMILES string of the molecule is CCC(CC)[C@@H]1C(=O)N[C@H](C2Cc3ccccc3C2)C(=O)N1Cc1ccccc1CCS(N)(=O)=O. The van der Waals surface area contributed by atoms with E-state index in [1.165, 1.54) is 11.1 Å². The Morgan fingerprint density at radius 2 is 1.54 bits per heavy atom. The zero-order valence-corrected chi connectivity index (χ0v) is 21.3. The zero-order chi connectivity index (χ0) is 25.2. The molecule has 2 atom stereocenters. The molecule has 4 rings (SSSR count). The van der Waals surface area contributed by atoms with Crippen molar-refractivity contribution in [2.75, 3.05) is 5.75 Å². The molecule has 0 aromatic heterocycles. The molecule has 0 unspecified atom stereocenters. The zero-order valence-electron chi connectivity index (χ0n) is 20.4. The molecule has 8 heteroatoms. The minimum Gasteiger partial charge on any atom is -0.342 e. The van der Waals surface area contributed by atoms with E-state index in [0.29, 0.717) is 0 Å². The normalized spacial score (nSPS) is 20.9. The molecule has 2 aromatic carbocycles. The molecule has 0 radical (unpaired) electrons. The lowest BCUT2D eigenvalue weighted by molar-refractivity contribution is -0.154. The Labute approximate surface area is 208 Å². The van der Waals surface area contributed by atoms with E-state index in [1.807, 2.05) is 50.2 Å². The number of nitrogens with zero attached hydrogens (tertiary/aromatic N) is 1. The predicted octanol–water partition coefficient (Wildman–Crippen LogP) is 2.56. The quantitative estimate of drug-likeness (QED) is 0.555. The van der Waals surface area contributed by atoms with Crippen LogP contribution in [0.3, 0.4) is 0 Å². The van der Waals surface area contributed by atoms with Gasteiger partial charge < -0.3 is 10.2 Å². The van der Waals surface area contributed by atoms with Crippen LogP contribution >= 0.6 is 0 Å². The summed E-state index contributed by atoms with van der Waals surface area (Å²) in [6, 6.07) is 14.6. The smallest absolute Gasteiger partial charge is 0.246 e. The first kappa shape index (κ1) is 25.4. The second-order valence-electron chi connectivity index (χ2n) is 9.80. The van der Waals surface area contributed by atoms with E-state index in [0.717, 1.165) is 36.8 Å². The number of carbonyl (C=O) groups excluding carboxylic acids is 2. The van der Waals surface area contributed by atoms with Crippen molar-refractivity contribution >= 4 is 21.8 Å². The maximum absolute atomic E-state index is 14.0. The van der Waals surface area contributed by atoms with Crippen molar-refractivity contribution in [1.82, 2.24) is 10.2 Å². The Hall–Kier alpha value is -2.71. The fraction of sp³-hybridized carbons (Fsp3) is 0.481. The molecule has 35 heavy (non-hydrogen) atoms. The molecular weight excluding hydrogens is 462 g/mol. The standard InChI is InChI=1S/C27H35N3O4S/c1-3-18(4-2)25-26(31)29-24(23-15-20-10-6-7-11-21(20)16-23)27(32)30(25)17-22-12-8-5-9-19(22)13-14-35(28,33)34/h5-12,18,23-25H,3-4,13-17H2,1-2H3,(H,29,31)(H2,28,33,34)/t24-,25-/m1/s1. The first-order valence-electron chi connectivity index (χ1n) is 12.5. The fourth-order valence-electron chi connectivity index (χ4n) is 5.68. The number of hydrogen-bond donors (Lipinski definition) is 2. The molecule has 1 heterocycles. The van der Waals surface area contributed by atoms with E-state index in [2.05, 4.69) is 17.4 Å². The molecule has 1 aliphatic heterocycles. The summed E-state index contributed by atoms with van der Waals surface area (Å²) >= 11 is 0. The Morgan fingerprint density at radius 3 is 2.11 bits per heavy atom. The number of sulfonamides is 1. The lowest BCUT2D eigenvalue weighted by Gasteiger charge is -2.44. The average molecular weight is 498 g/mol. The first-order valence-corrected chi connectivity index (χ1v) is 14.2. The third-order valence-corrected chi connectivity index (χ3v) is 8.39. The van der Waals surface area contributed by atoms with Crippen LogP contribution in [0.5, 0.6) is 0 Å². The molecule has 2 aliphatic rings. The fourth-order valence-corrected chi connectivity index (χ4v) is 6.18. The monoisotopic (exact) mass is 497 g/mol. The van der Waals surface area contributed by atoms with Crippen LogP contribution in [0.25, 0.3) is 0 Å². The maximum atomic E-state index is 14.0. The summed E-state index contributed by atoms with van der Waals surface area (Å²) in [4.78, 5) is 29.2. The van der Waals surface area contributed by atoms with Gasteiger partial charge in [0.25, 0.3) is 0 Å². The van der Waals surface area contributed by atoms with E-state index in [1.54, 1.807) is 4.90 Å². The van der Waals surface area contributed by atoms with Crippen molar-refractivity contribution in [1.29, 1.82) is 0 Å². The van der Waals surface area contributed by atoms with Gasteiger partial charge in [-0.25, -0.2) is 13.6 Å². The molecule has 7 nitrogen and oxygen atoms in total. The number of nitrogens with two attached hydrogens (primary N) is 1. The highest BCUT2D eigenvalue weighted by molar-refractivity contribution is 7.89. The van der Waals surface area contributed by atoms with Gasteiger partial charge in [-0.3, -0.25) is 9.59 Å². The molecular formula is C27H35N3O4S. The van der Waals surface area contributed by atoms with Crippen LogP contribution in [-0.2, 0) is 45.4 Å². The maximum Gasteiger partial charge on any atom is 0.246 e. The molecule has 1 saturated heterocycles. The lowest BCUT2D eigenvalue weighted by Crippen LogP contribution is -2.66. The Kier molecular flexibility index (Phi) is 7.62. The number of rotatable bonds is 9. The van der Waals surface area contributed by atoms with Gasteiger partial charge in [0.15, 0.2) is 0 Å². The van der Waals surface area contributed by atoms with Crippen molar-refractivity contribution in [2.45, 2.75) is 64.6 Å². The first-order chi connectivity index (χ1) is 16.7. The van der Waals surface area contributed by atoms with E-state index in [-0.39, 0.29) is 42.4 Å². The number of amides is 2. The number of piperazine rings is 1. The number of primary sulfonamides is 1. The van der Waals surface area contributed by atoms with E-state index in [9.17, 15) is 18.0 Å². The van der Waals surface area contributed by atoms with Gasteiger partial charge in [0.1, 0.15) is 12.1 Å². The Balaban J connectivity index is 1.64. The molecule has 3 N–H and O–H groups in total. The minimum absolute atomic E-state index is 0.0200. The second kappa shape index (κ2) is 10.5. The number of hydrogen-bond acceptors (Lipinski definition) is 4. The van der Waals surface area contributed by atoms with Crippen molar-refractivity contribution in [3.05, 3.63) is 70.8 Å². The molecule has 1 fully saturated rings. The van der Waals surface area contributed by atoms with Gasteiger partial charge >= 0.3 is 0 Å². The number of benzene rings is 2. The molecule has 188 valence electrons. The Morgan fingerprint density at radius 1 is 0.971 bits per heavy atom. The molecule has 0 saturated carbocycles. The van der Waals surface area contributed by atoms with Crippen LogP contribution in [0, 0.1) is 11.8 Å².